The zero-order valence-corrected chi connectivity index (χ0v) is 22.4. The Morgan fingerprint density at radius 3 is 1.21 bits per heavy atom. The fraction of sp³-hybridized carbons (Fsp3) is 0. The van der Waals surface area contributed by atoms with Gasteiger partial charge in [-0.3, -0.25) is 0 Å². The molecule has 0 saturated carbocycles. The van der Waals surface area contributed by atoms with Crippen LogP contribution in [-0.2, 0) is 0 Å². The number of hydrogen-bond donors (Lipinski definition) is 0. The van der Waals surface area contributed by atoms with Gasteiger partial charge in [-0.1, -0.05) is 158 Å². The van der Waals surface area contributed by atoms with Crippen LogP contribution >= 0.6 is 7.92 Å². The number of fused-ring (bicyclic) bond motifs is 2. The van der Waals surface area contributed by atoms with Crippen LogP contribution in [0.3, 0.4) is 0 Å². The van der Waals surface area contributed by atoms with Crippen molar-refractivity contribution in [3.63, 3.8) is 0 Å². The van der Waals surface area contributed by atoms with E-state index in [-0.39, 0.29) is 0 Å². The van der Waals surface area contributed by atoms with Gasteiger partial charge in [-0.15, -0.1) is 0 Å². The molecule has 0 atom stereocenters. The van der Waals surface area contributed by atoms with Crippen molar-refractivity contribution in [3.8, 4) is 22.3 Å². The van der Waals surface area contributed by atoms with Crippen LogP contribution in [0.4, 0.5) is 0 Å². The molecule has 0 bridgehead atoms. The summed E-state index contributed by atoms with van der Waals surface area (Å²) in [6.45, 7) is 0. The third-order valence-electron chi connectivity index (χ3n) is 7.43. The average molecular weight is 515 g/mol. The number of hydrogen-bond acceptors (Lipinski definition) is 0. The molecule has 7 rings (SSSR count). The van der Waals surface area contributed by atoms with E-state index in [1.54, 1.807) is 0 Å². The maximum atomic E-state index is 2.31. The van der Waals surface area contributed by atoms with Gasteiger partial charge in [0.1, 0.15) is 0 Å². The summed E-state index contributed by atoms with van der Waals surface area (Å²) < 4.78 is 0. The molecule has 0 radical (unpaired) electrons. The van der Waals surface area contributed by atoms with Gasteiger partial charge in [0.15, 0.2) is 0 Å². The molecule has 0 saturated heterocycles. The summed E-state index contributed by atoms with van der Waals surface area (Å²) in [6, 6.07) is 59.7. The highest BCUT2D eigenvalue weighted by atomic mass is 31.1. The first-order chi connectivity index (χ1) is 19.3. The summed E-state index contributed by atoms with van der Waals surface area (Å²) >= 11 is 0. The summed E-state index contributed by atoms with van der Waals surface area (Å²) in [6.07, 6.45) is 0. The summed E-state index contributed by atoms with van der Waals surface area (Å²) in [5.74, 6) is 0. The van der Waals surface area contributed by atoms with Crippen LogP contribution in [0.15, 0.2) is 164 Å². The van der Waals surface area contributed by atoms with Crippen LogP contribution in [0.25, 0.3) is 43.8 Å². The van der Waals surface area contributed by atoms with Gasteiger partial charge in [0.2, 0.25) is 0 Å². The molecule has 0 fully saturated rings. The second kappa shape index (κ2) is 10.3. The van der Waals surface area contributed by atoms with Gasteiger partial charge < -0.3 is 0 Å². The Morgan fingerprint density at radius 1 is 0.308 bits per heavy atom. The Bertz CT molecular complexity index is 1780. The zero-order valence-electron chi connectivity index (χ0n) is 21.5. The van der Waals surface area contributed by atoms with E-state index in [0.29, 0.717) is 0 Å². The van der Waals surface area contributed by atoms with E-state index in [0.717, 1.165) is 0 Å². The zero-order chi connectivity index (χ0) is 26.0. The lowest BCUT2D eigenvalue weighted by Crippen LogP contribution is -2.20. The molecule has 184 valence electrons. The molecule has 0 heterocycles. The lowest BCUT2D eigenvalue weighted by molar-refractivity contribution is 1.62. The molecular weight excluding hydrogens is 487 g/mol. The first-order valence-electron chi connectivity index (χ1n) is 13.4. The second-order valence-electron chi connectivity index (χ2n) is 9.82. The highest BCUT2D eigenvalue weighted by Gasteiger charge is 2.16. The maximum Gasteiger partial charge on any atom is -0.00268 e. The minimum atomic E-state index is -0.597. The van der Waals surface area contributed by atoms with Gasteiger partial charge in [0, 0.05) is 0 Å². The third kappa shape index (κ3) is 4.54. The molecular formula is C38H27P. The van der Waals surface area contributed by atoms with Crippen LogP contribution in [0.5, 0.6) is 0 Å². The molecule has 0 spiro atoms. The van der Waals surface area contributed by atoms with E-state index in [1.165, 1.54) is 59.7 Å². The standard InChI is InChI=1S/C38H27P/c1-3-13-33(14-4-1)39(34-15-5-2-6-16-34)35-25-23-29(24-26-35)28-19-21-30(22-20-28)38-36-17-9-7-11-31(36)27-32-12-8-10-18-37(32)38/h1-27H. The fourth-order valence-corrected chi connectivity index (χ4v) is 7.84. The van der Waals surface area contributed by atoms with Crippen molar-refractivity contribution in [3.05, 3.63) is 164 Å². The van der Waals surface area contributed by atoms with Crippen molar-refractivity contribution < 1.29 is 0 Å². The molecule has 0 amide bonds. The second-order valence-corrected chi connectivity index (χ2v) is 12.0. The van der Waals surface area contributed by atoms with E-state index in [2.05, 4.69) is 164 Å². The number of rotatable bonds is 5. The van der Waals surface area contributed by atoms with Gasteiger partial charge in [-0.2, -0.15) is 0 Å². The molecule has 7 aromatic carbocycles. The van der Waals surface area contributed by atoms with Crippen molar-refractivity contribution in [2.24, 2.45) is 0 Å². The van der Waals surface area contributed by atoms with Crippen molar-refractivity contribution in [1.29, 1.82) is 0 Å². The molecule has 0 nitrogen and oxygen atoms in total. The molecule has 0 aliphatic heterocycles. The van der Waals surface area contributed by atoms with Crippen LogP contribution in [0.1, 0.15) is 0 Å². The number of benzene rings is 7. The quantitative estimate of drug-likeness (QED) is 0.159. The van der Waals surface area contributed by atoms with Crippen LogP contribution in [-0.4, -0.2) is 0 Å². The lowest BCUT2D eigenvalue weighted by Gasteiger charge is -2.19. The van der Waals surface area contributed by atoms with Gasteiger partial charge in [-0.05, 0) is 73.7 Å². The summed E-state index contributed by atoms with van der Waals surface area (Å²) in [5, 5.41) is 9.26. The fourth-order valence-electron chi connectivity index (χ4n) is 5.56. The SMILES string of the molecule is c1ccc(P(c2ccccc2)c2ccc(-c3ccc(-c4c5ccccc5cc5ccccc45)cc3)cc2)cc1. The Morgan fingerprint density at radius 2 is 0.692 bits per heavy atom. The van der Waals surface area contributed by atoms with E-state index in [4.69, 9.17) is 0 Å². The highest BCUT2D eigenvalue weighted by Crippen LogP contribution is 2.37. The largest absolute Gasteiger partial charge is 0.0622 e. The van der Waals surface area contributed by atoms with Crippen LogP contribution < -0.4 is 15.9 Å². The Labute approximate surface area is 231 Å². The summed E-state index contributed by atoms with van der Waals surface area (Å²) in [7, 11) is -0.597. The molecule has 0 aliphatic carbocycles. The maximum absolute atomic E-state index is 2.31. The monoisotopic (exact) mass is 514 g/mol. The minimum absolute atomic E-state index is 0.597. The predicted octanol–water partition coefficient (Wildman–Crippen LogP) is 9.09. The van der Waals surface area contributed by atoms with E-state index < -0.39 is 7.92 Å². The Kier molecular flexibility index (Phi) is 6.25. The first-order valence-corrected chi connectivity index (χ1v) is 14.7. The lowest BCUT2D eigenvalue weighted by atomic mass is 9.91. The van der Waals surface area contributed by atoms with Gasteiger partial charge in [-0.25, -0.2) is 0 Å². The minimum Gasteiger partial charge on any atom is -0.0622 e. The van der Waals surface area contributed by atoms with Crippen molar-refractivity contribution in [1.82, 2.24) is 0 Å². The molecule has 0 unspecified atom stereocenters. The Hall–Kier alpha value is -4.51. The van der Waals surface area contributed by atoms with E-state index in [1.807, 2.05) is 0 Å². The van der Waals surface area contributed by atoms with E-state index in [9.17, 15) is 0 Å². The smallest absolute Gasteiger partial charge is 0.00268 e. The normalized spacial score (nSPS) is 11.3. The predicted molar refractivity (Wildman–Crippen MR) is 171 cm³/mol. The van der Waals surface area contributed by atoms with Crippen molar-refractivity contribution in [2.75, 3.05) is 0 Å². The van der Waals surface area contributed by atoms with Gasteiger partial charge >= 0.3 is 0 Å². The third-order valence-corrected chi connectivity index (χ3v) is 9.88. The molecule has 0 aliphatic rings. The Balaban J connectivity index is 1.25. The van der Waals surface area contributed by atoms with E-state index >= 15 is 0 Å². The summed E-state index contributed by atoms with van der Waals surface area (Å²) in [4.78, 5) is 0. The molecule has 39 heavy (non-hydrogen) atoms. The van der Waals surface area contributed by atoms with Gasteiger partial charge in [0.25, 0.3) is 0 Å². The summed E-state index contributed by atoms with van der Waals surface area (Å²) in [5.41, 5.74) is 5.03. The molecule has 0 N–H and O–H groups in total. The molecule has 1 heteroatoms. The van der Waals surface area contributed by atoms with Crippen LogP contribution in [0.2, 0.25) is 0 Å². The topological polar surface area (TPSA) is 0 Å². The molecule has 0 aromatic heterocycles. The highest BCUT2D eigenvalue weighted by molar-refractivity contribution is 7.79. The van der Waals surface area contributed by atoms with Crippen molar-refractivity contribution in [2.45, 2.75) is 0 Å². The first kappa shape index (κ1) is 23.6. The van der Waals surface area contributed by atoms with Crippen molar-refractivity contribution >= 4 is 45.4 Å². The van der Waals surface area contributed by atoms with Crippen LogP contribution in [0, 0.1) is 0 Å². The average Bonchev–Trinajstić information content (AvgIpc) is 3.02. The van der Waals surface area contributed by atoms with Gasteiger partial charge in [0.05, 0.1) is 0 Å². The molecule has 7 aromatic rings.